The molecule has 2 atom stereocenters. The van der Waals surface area contributed by atoms with Crippen LogP contribution >= 0.6 is 23.2 Å². The number of halogens is 4. The topological polar surface area (TPSA) is 46.6 Å². The highest BCUT2D eigenvalue weighted by Gasteiger charge is 2.45. The van der Waals surface area contributed by atoms with Crippen molar-refractivity contribution in [2.45, 2.75) is 29.7 Å². The summed E-state index contributed by atoms with van der Waals surface area (Å²) < 4.78 is 61.8. The van der Waals surface area contributed by atoms with Gasteiger partial charge in [-0.15, -0.1) is 0 Å². The Bertz CT molecular complexity index is 999. The number of ether oxygens (including phenoxy) is 1. The molecule has 0 aromatic heterocycles. The maximum absolute atomic E-state index is 14.7. The second-order valence-corrected chi connectivity index (χ2v) is 9.33. The van der Waals surface area contributed by atoms with E-state index in [1.54, 1.807) is 0 Å². The lowest BCUT2D eigenvalue weighted by Gasteiger charge is -2.43. The number of fused-ring (bicyclic) bond motifs is 3. The molecule has 144 valence electrons. The van der Waals surface area contributed by atoms with Crippen LogP contribution in [-0.2, 0) is 10.0 Å². The maximum atomic E-state index is 14.7. The van der Waals surface area contributed by atoms with Gasteiger partial charge in [-0.2, -0.15) is 4.31 Å². The average molecular weight is 434 g/mol. The molecule has 2 aromatic rings. The number of benzene rings is 2. The second-order valence-electron chi connectivity index (χ2n) is 6.59. The van der Waals surface area contributed by atoms with Crippen LogP contribution in [0, 0.1) is 11.6 Å². The van der Waals surface area contributed by atoms with E-state index in [4.69, 9.17) is 27.9 Å². The number of hydrogen-bond acceptors (Lipinski definition) is 3. The van der Waals surface area contributed by atoms with Gasteiger partial charge in [-0.25, -0.2) is 17.2 Å². The molecular formula is C18H15Cl2F2NO3S. The van der Waals surface area contributed by atoms with Crippen LogP contribution in [0.2, 0.25) is 10.0 Å². The number of rotatable bonds is 2. The third-order valence-electron chi connectivity index (χ3n) is 5.08. The van der Waals surface area contributed by atoms with Crippen LogP contribution in [0.3, 0.4) is 0 Å². The predicted octanol–water partition coefficient (Wildman–Crippen LogP) is 4.60. The molecule has 2 unspecified atom stereocenters. The van der Waals surface area contributed by atoms with Gasteiger partial charge < -0.3 is 4.74 Å². The molecule has 1 saturated heterocycles. The summed E-state index contributed by atoms with van der Waals surface area (Å²) in [5, 5.41) is 0.0840. The summed E-state index contributed by atoms with van der Waals surface area (Å²) in [7, 11) is -3.84. The predicted molar refractivity (Wildman–Crippen MR) is 98.0 cm³/mol. The summed E-state index contributed by atoms with van der Waals surface area (Å²) in [4.78, 5) is 0.0936. The lowest BCUT2D eigenvalue weighted by Crippen LogP contribution is -2.52. The third-order valence-corrected chi connectivity index (χ3v) is 7.54. The lowest BCUT2D eigenvalue weighted by molar-refractivity contribution is 0.119. The SMILES string of the molecule is O=S(=O)(c1ccc(Cl)cc1)N1CCCC2c3c(F)c(Cl)cc(F)c3OCC21. The van der Waals surface area contributed by atoms with Gasteiger partial charge in [0.25, 0.3) is 0 Å². The van der Waals surface area contributed by atoms with E-state index in [-0.39, 0.29) is 34.4 Å². The third kappa shape index (κ3) is 3.10. The minimum Gasteiger partial charge on any atom is -0.488 e. The van der Waals surface area contributed by atoms with Crippen LogP contribution < -0.4 is 4.74 Å². The van der Waals surface area contributed by atoms with Gasteiger partial charge in [0.05, 0.1) is 16.0 Å². The summed E-state index contributed by atoms with van der Waals surface area (Å²) >= 11 is 11.6. The quantitative estimate of drug-likeness (QED) is 0.650. The maximum Gasteiger partial charge on any atom is 0.243 e. The van der Waals surface area contributed by atoms with Crippen LogP contribution in [0.15, 0.2) is 35.2 Å². The van der Waals surface area contributed by atoms with E-state index < -0.39 is 33.6 Å². The van der Waals surface area contributed by atoms with Gasteiger partial charge in [0.2, 0.25) is 10.0 Å². The normalized spacial score (nSPS) is 22.7. The largest absolute Gasteiger partial charge is 0.488 e. The molecule has 0 saturated carbocycles. The van der Waals surface area contributed by atoms with E-state index >= 15 is 0 Å². The van der Waals surface area contributed by atoms with Crippen LogP contribution in [-0.4, -0.2) is 31.9 Å². The fourth-order valence-corrected chi connectivity index (χ4v) is 5.85. The zero-order chi connectivity index (χ0) is 19.3. The van der Waals surface area contributed by atoms with Crippen molar-refractivity contribution in [3.8, 4) is 5.75 Å². The average Bonchev–Trinajstić information content (AvgIpc) is 2.65. The molecule has 0 radical (unpaired) electrons. The molecule has 9 heteroatoms. The molecule has 4 rings (SSSR count). The van der Waals surface area contributed by atoms with E-state index in [0.29, 0.717) is 17.9 Å². The highest BCUT2D eigenvalue weighted by atomic mass is 35.5. The molecule has 2 aliphatic heterocycles. The molecule has 2 aliphatic rings. The van der Waals surface area contributed by atoms with Crippen molar-refractivity contribution in [1.29, 1.82) is 0 Å². The van der Waals surface area contributed by atoms with Crippen LogP contribution in [0.25, 0.3) is 0 Å². The Kier molecular flexibility index (Phi) is 4.83. The standard InChI is InChI=1S/C18H15Cl2F2NO3S/c19-10-3-5-11(6-4-10)27(24,25)23-7-1-2-12-15(23)9-26-18-14(21)8-13(20)17(22)16(12)18/h3-6,8,12,15H,1-2,7,9H2. The molecule has 2 aromatic carbocycles. The fraction of sp³-hybridized carbons (Fsp3) is 0.333. The van der Waals surface area contributed by atoms with Crippen molar-refractivity contribution in [2.24, 2.45) is 0 Å². The highest BCUT2D eigenvalue weighted by molar-refractivity contribution is 7.89. The number of piperidine rings is 1. The van der Waals surface area contributed by atoms with Crippen LogP contribution in [0.4, 0.5) is 8.78 Å². The molecule has 1 fully saturated rings. The van der Waals surface area contributed by atoms with E-state index in [1.165, 1.54) is 28.6 Å². The van der Waals surface area contributed by atoms with E-state index in [0.717, 1.165) is 6.07 Å². The zero-order valence-corrected chi connectivity index (χ0v) is 16.3. The van der Waals surface area contributed by atoms with E-state index in [1.807, 2.05) is 0 Å². The van der Waals surface area contributed by atoms with Gasteiger partial charge in [0.15, 0.2) is 11.6 Å². The van der Waals surface area contributed by atoms with Gasteiger partial charge in [-0.05, 0) is 43.2 Å². The minimum atomic E-state index is -3.84. The summed E-state index contributed by atoms with van der Waals surface area (Å²) in [5.41, 5.74) is 0.0206. The van der Waals surface area contributed by atoms with Gasteiger partial charge in [-0.3, -0.25) is 0 Å². The lowest BCUT2D eigenvalue weighted by atomic mass is 9.82. The Morgan fingerprint density at radius 3 is 2.56 bits per heavy atom. The van der Waals surface area contributed by atoms with Crippen molar-refractivity contribution >= 4 is 33.2 Å². The molecule has 4 nitrogen and oxygen atoms in total. The molecule has 0 amide bonds. The highest BCUT2D eigenvalue weighted by Crippen LogP contribution is 2.46. The molecule has 0 aliphatic carbocycles. The van der Waals surface area contributed by atoms with Gasteiger partial charge >= 0.3 is 0 Å². The minimum absolute atomic E-state index is 0.0206. The summed E-state index contributed by atoms with van der Waals surface area (Å²) in [6, 6.07) is 6.08. The Balaban J connectivity index is 1.77. The van der Waals surface area contributed by atoms with Crippen molar-refractivity contribution < 1.29 is 21.9 Å². The Morgan fingerprint density at radius 2 is 1.85 bits per heavy atom. The zero-order valence-electron chi connectivity index (χ0n) is 14.0. The fourth-order valence-electron chi connectivity index (χ4n) is 3.85. The second kappa shape index (κ2) is 6.88. The molecular weight excluding hydrogens is 419 g/mol. The Morgan fingerprint density at radius 1 is 1.15 bits per heavy atom. The molecule has 27 heavy (non-hydrogen) atoms. The first kappa shape index (κ1) is 18.9. The summed E-state index contributed by atoms with van der Waals surface area (Å²) in [5.74, 6) is -2.21. The van der Waals surface area contributed by atoms with Crippen molar-refractivity contribution in [3.05, 3.63) is 57.6 Å². The summed E-state index contributed by atoms with van der Waals surface area (Å²) in [6.07, 6.45) is 1.03. The Hall–Kier alpha value is -1.41. The van der Waals surface area contributed by atoms with Crippen molar-refractivity contribution in [3.63, 3.8) is 0 Å². The smallest absolute Gasteiger partial charge is 0.243 e. The van der Waals surface area contributed by atoms with Gasteiger partial charge in [-0.1, -0.05) is 23.2 Å². The molecule has 0 spiro atoms. The molecule has 0 N–H and O–H groups in total. The Labute approximate surface area is 165 Å². The first-order chi connectivity index (χ1) is 12.8. The van der Waals surface area contributed by atoms with Crippen molar-refractivity contribution in [1.82, 2.24) is 4.31 Å². The monoisotopic (exact) mass is 433 g/mol. The number of nitrogens with zero attached hydrogens (tertiary/aromatic N) is 1. The summed E-state index contributed by atoms with van der Waals surface area (Å²) in [6.45, 7) is 0.220. The first-order valence-electron chi connectivity index (χ1n) is 8.38. The van der Waals surface area contributed by atoms with Gasteiger partial charge in [0.1, 0.15) is 12.4 Å². The first-order valence-corrected chi connectivity index (χ1v) is 10.6. The van der Waals surface area contributed by atoms with E-state index in [9.17, 15) is 17.2 Å². The molecule has 0 bridgehead atoms. The number of hydrogen-bond donors (Lipinski definition) is 0. The van der Waals surface area contributed by atoms with E-state index in [2.05, 4.69) is 0 Å². The van der Waals surface area contributed by atoms with Gasteiger partial charge in [0, 0.05) is 23.0 Å². The van der Waals surface area contributed by atoms with Crippen molar-refractivity contribution in [2.75, 3.05) is 13.2 Å². The molecule has 2 heterocycles. The number of sulfonamides is 1. The van der Waals surface area contributed by atoms with Crippen LogP contribution in [0.5, 0.6) is 5.75 Å². The van der Waals surface area contributed by atoms with Crippen LogP contribution in [0.1, 0.15) is 24.3 Å².